The molecule has 152 valence electrons. The van der Waals surface area contributed by atoms with Crippen LogP contribution in [-0.4, -0.2) is 10.8 Å². The second kappa shape index (κ2) is 6.88. The summed E-state index contributed by atoms with van der Waals surface area (Å²) in [6.07, 6.45) is 0. The molecule has 4 aromatic rings. The Bertz CT molecular complexity index is 1410. The molecule has 2 heterocycles. The smallest absolute Gasteiger partial charge is 0.295 e. The minimum atomic E-state index is -0.880. The second-order valence-electron chi connectivity index (χ2n) is 7.07. The molecule has 0 spiro atoms. The van der Waals surface area contributed by atoms with Crippen LogP contribution in [0.3, 0.4) is 0 Å². The summed E-state index contributed by atoms with van der Waals surface area (Å²) in [7, 11) is 0. The summed E-state index contributed by atoms with van der Waals surface area (Å²) in [5, 5.41) is 11.4. The molecular formula is C23H13FN2O5. The van der Waals surface area contributed by atoms with E-state index in [0.717, 1.165) is 0 Å². The van der Waals surface area contributed by atoms with Crippen molar-refractivity contribution in [2.24, 2.45) is 0 Å². The first-order chi connectivity index (χ1) is 15.0. The fraction of sp³-hybridized carbons (Fsp3) is 0.0435. The van der Waals surface area contributed by atoms with Crippen molar-refractivity contribution in [1.29, 1.82) is 0 Å². The van der Waals surface area contributed by atoms with Crippen LogP contribution in [0.4, 0.5) is 15.8 Å². The number of benzene rings is 3. The van der Waals surface area contributed by atoms with Gasteiger partial charge in [-0.2, -0.15) is 0 Å². The fourth-order valence-corrected chi connectivity index (χ4v) is 3.88. The van der Waals surface area contributed by atoms with Gasteiger partial charge in [0.2, 0.25) is 5.76 Å². The van der Waals surface area contributed by atoms with Crippen LogP contribution in [-0.2, 0) is 0 Å². The molecule has 3 aromatic carbocycles. The van der Waals surface area contributed by atoms with Gasteiger partial charge in [0, 0.05) is 17.8 Å². The van der Waals surface area contributed by atoms with Crippen LogP contribution < -0.4 is 10.3 Å². The van der Waals surface area contributed by atoms with Crippen LogP contribution in [0.1, 0.15) is 27.7 Å². The number of para-hydroxylation sites is 1. The third kappa shape index (κ3) is 2.88. The zero-order valence-electron chi connectivity index (χ0n) is 15.8. The quantitative estimate of drug-likeness (QED) is 0.360. The number of non-ortho nitro benzene ring substituents is 1. The number of rotatable bonds is 3. The van der Waals surface area contributed by atoms with E-state index in [1.807, 2.05) is 0 Å². The van der Waals surface area contributed by atoms with Crippen LogP contribution in [0.25, 0.3) is 11.0 Å². The molecule has 7 nitrogen and oxygen atoms in total. The number of halogens is 1. The fourth-order valence-electron chi connectivity index (χ4n) is 3.88. The van der Waals surface area contributed by atoms with Crippen molar-refractivity contribution in [1.82, 2.24) is 0 Å². The molecule has 0 fully saturated rings. The number of carbonyl (C=O) groups excluding carboxylic acids is 1. The topological polar surface area (TPSA) is 93.7 Å². The molecule has 0 radical (unpaired) electrons. The SMILES string of the molecule is O=C1c2oc3ccccc3c(=O)c2C(c2ccc([N+](=O)[O-])cc2)N1c1ccc(F)cc1. The summed E-state index contributed by atoms with van der Waals surface area (Å²) in [5.74, 6) is -1.12. The monoisotopic (exact) mass is 416 g/mol. The predicted molar refractivity (Wildman–Crippen MR) is 111 cm³/mol. The molecule has 1 unspecified atom stereocenters. The van der Waals surface area contributed by atoms with Crippen LogP contribution >= 0.6 is 0 Å². The Labute approximate surface area is 174 Å². The van der Waals surface area contributed by atoms with Crippen LogP contribution in [0.2, 0.25) is 0 Å². The summed E-state index contributed by atoms with van der Waals surface area (Å²) < 4.78 is 19.3. The highest BCUT2D eigenvalue weighted by atomic mass is 19.1. The Morgan fingerprint density at radius 2 is 1.61 bits per heavy atom. The molecular weight excluding hydrogens is 403 g/mol. The van der Waals surface area contributed by atoms with E-state index in [0.29, 0.717) is 16.6 Å². The van der Waals surface area contributed by atoms with Gasteiger partial charge in [-0.1, -0.05) is 12.1 Å². The highest BCUT2D eigenvalue weighted by molar-refractivity contribution is 6.10. The molecule has 1 aromatic heterocycles. The van der Waals surface area contributed by atoms with E-state index < -0.39 is 22.7 Å². The highest BCUT2D eigenvalue weighted by Gasteiger charge is 2.43. The van der Waals surface area contributed by atoms with Gasteiger partial charge in [0.25, 0.3) is 11.6 Å². The van der Waals surface area contributed by atoms with Crippen molar-refractivity contribution >= 4 is 28.3 Å². The standard InChI is InChI=1S/C23H13FN2O5/c24-14-7-11-15(12-8-14)25-20(13-5-9-16(10-6-13)26(29)30)19-21(27)17-3-1-2-4-18(17)31-22(19)23(25)28/h1-12,20H. The largest absolute Gasteiger partial charge is 0.450 e. The van der Waals surface area contributed by atoms with Gasteiger partial charge in [0.05, 0.1) is 21.9 Å². The summed E-state index contributed by atoms with van der Waals surface area (Å²) in [6.45, 7) is 0. The molecule has 8 heteroatoms. The van der Waals surface area contributed by atoms with Gasteiger partial charge in [-0.05, 0) is 54.1 Å². The number of anilines is 1. The zero-order chi connectivity index (χ0) is 21.7. The van der Waals surface area contributed by atoms with Crippen LogP contribution in [0.15, 0.2) is 82.0 Å². The van der Waals surface area contributed by atoms with E-state index in [-0.39, 0.29) is 28.0 Å². The molecule has 1 aliphatic rings. The molecule has 0 aliphatic carbocycles. The molecule has 31 heavy (non-hydrogen) atoms. The van der Waals surface area contributed by atoms with Crippen molar-refractivity contribution in [2.75, 3.05) is 4.90 Å². The lowest BCUT2D eigenvalue weighted by molar-refractivity contribution is -0.384. The first-order valence-electron chi connectivity index (χ1n) is 9.35. The Balaban J connectivity index is 1.78. The maximum atomic E-state index is 13.5. The van der Waals surface area contributed by atoms with Gasteiger partial charge >= 0.3 is 0 Å². The lowest BCUT2D eigenvalue weighted by Gasteiger charge is -2.25. The number of nitro benzene ring substituents is 1. The van der Waals surface area contributed by atoms with E-state index in [1.165, 1.54) is 53.4 Å². The third-order valence-electron chi connectivity index (χ3n) is 5.30. The average Bonchev–Trinajstić information content (AvgIpc) is 3.07. The second-order valence-corrected chi connectivity index (χ2v) is 7.07. The normalized spacial score (nSPS) is 15.3. The predicted octanol–water partition coefficient (Wildman–Crippen LogP) is 4.59. The number of hydrogen-bond acceptors (Lipinski definition) is 5. The number of carbonyl (C=O) groups is 1. The van der Waals surface area contributed by atoms with Crippen molar-refractivity contribution in [3.8, 4) is 0 Å². The van der Waals surface area contributed by atoms with E-state index in [2.05, 4.69) is 0 Å². The Kier molecular flexibility index (Phi) is 4.14. The van der Waals surface area contributed by atoms with Crippen molar-refractivity contribution in [2.45, 2.75) is 6.04 Å². The number of hydrogen-bond donors (Lipinski definition) is 0. The average molecular weight is 416 g/mol. The molecule has 5 rings (SSSR count). The number of amides is 1. The molecule has 0 bridgehead atoms. The maximum absolute atomic E-state index is 13.5. The summed E-state index contributed by atoms with van der Waals surface area (Å²) in [4.78, 5) is 38.5. The molecule has 1 aliphatic heterocycles. The van der Waals surface area contributed by atoms with E-state index in [4.69, 9.17) is 4.42 Å². The number of fused-ring (bicyclic) bond motifs is 2. The molecule has 0 saturated heterocycles. The van der Waals surface area contributed by atoms with Crippen molar-refractivity contribution in [3.05, 3.63) is 116 Å². The number of nitrogens with zero attached hydrogens (tertiary/aromatic N) is 2. The first kappa shape index (κ1) is 18.7. The van der Waals surface area contributed by atoms with E-state index in [1.54, 1.807) is 24.3 Å². The molecule has 1 amide bonds. The minimum Gasteiger partial charge on any atom is -0.450 e. The molecule has 0 N–H and O–H groups in total. The Morgan fingerprint density at radius 1 is 0.935 bits per heavy atom. The third-order valence-corrected chi connectivity index (χ3v) is 5.30. The Hall–Kier alpha value is -4.33. The van der Waals surface area contributed by atoms with Gasteiger partial charge in [-0.25, -0.2) is 4.39 Å². The lowest BCUT2D eigenvalue weighted by atomic mass is 9.98. The summed E-state index contributed by atoms with van der Waals surface area (Å²) in [6, 6.07) is 16.6. The van der Waals surface area contributed by atoms with Gasteiger partial charge < -0.3 is 4.42 Å². The summed E-state index contributed by atoms with van der Waals surface area (Å²) >= 11 is 0. The van der Waals surface area contributed by atoms with Crippen molar-refractivity contribution < 1.29 is 18.5 Å². The summed E-state index contributed by atoms with van der Waals surface area (Å²) in [5.41, 5.74) is 0.796. The van der Waals surface area contributed by atoms with Gasteiger partial charge in [0.1, 0.15) is 11.4 Å². The van der Waals surface area contributed by atoms with Gasteiger partial charge in [-0.3, -0.25) is 24.6 Å². The maximum Gasteiger partial charge on any atom is 0.295 e. The molecule has 1 atom stereocenters. The van der Waals surface area contributed by atoms with Crippen LogP contribution in [0, 0.1) is 15.9 Å². The van der Waals surface area contributed by atoms with E-state index in [9.17, 15) is 24.1 Å². The zero-order valence-corrected chi connectivity index (χ0v) is 15.8. The van der Waals surface area contributed by atoms with E-state index >= 15 is 0 Å². The molecule has 0 saturated carbocycles. The van der Waals surface area contributed by atoms with Gasteiger partial charge in [0.15, 0.2) is 5.43 Å². The number of nitro groups is 1. The van der Waals surface area contributed by atoms with Crippen LogP contribution in [0.5, 0.6) is 0 Å². The van der Waals surface area contributed by atoms with Crippen molar-refractivity contribution in [3.63, 3.8) is 0 Å². The highest BCUT2D eigenvalue weighted by Crippen LogP contribution is 2.41. The first-order valence-corrected chi connectivity index (χ1v) is 9.35. The Morgan fingerprint density at radius 3 is 2.29 bits per heavy atom. The lowest BCUT2D eigenvalue weighted by Crippen LogP contribution is -2.29. The minimum absolute atomic E-state index is 0.101. The van der Waals surface area contributed by atoms with Gasteiger partial charge in [-0.15, -0.1) is 0 Å².